The van der Waals surface area contributed by atoms with Crippen LogP contribution in [0.25, 0.3) is 0 Å². The van der Waals surface area contributed by atoms with Crippen LogP contribution in [0.15, 0.2) is 30.5 Å². The van der Waals surface area contributed by atoms with E-state index in [4.69, 9.17) is 0 Å². The van der Waals surface area contributed by atoms with Crippen LogP contribution in [0.3, 0.4) is 0 Å². The van der Waals surface area contributed by atoms with Gasteiger partial charge in [0.25, 0.3) is 5.91 Å². The van der Waals surface area contributed by atoms with Gasteiger partial charge in [0.15, 0.2) is 0 Å². The minimum Gasteiger partial charge on any atom is -0.352 e. The quantitative estimate of drug-likeness (QED) is 0.851. The highest BCUT2D eigenvalue weighted by Crippen LogP contribution is 2.49. The number of hydrogen-bond acceptors (Lipinski definition) is 2. The fourth-order valence-corrected chi connectivity index (χ4v) is 5.12. The van der Waals surface area contributed by atoms with Crippen LogP contribution in [0.2, 0.25) is 0 Å². The highest BCUT2D eigenvalue weighted by atomic mass is 16.1. The maximum Gasteiger partial charge on any atom is 0.253 e. The number of aromatic nitrogens is 2. The summed E-state index contributed by atoms with van der Waals surface area (Å²) in [7, 11) is 0. The molecule has 2 saturated carbocycles. The molecule has 0 aliphatic heterocycles. The molecule has 1 N–H and O–H groups in total. The Hall–Kier alpha value is -2.10. The number of nitrogens with zero attached hydrogens (tertiary/aromatic N) is 2. The van der Waals surface area contributed by atoms with E-state index in [0.29, 0.717) is 6.54 Å². The molecule has 1 amide bonds. The number of amides is 1. The minimum atomic E-state index is 0.0635. The van der Waals surface area contributed by atoms with Crippen molar-refractivity contribution in [2.45, 2.75) is 52.5 Å². The van der Waals surface area contributed by atoms with Gasteiger partial charge in [-0.2, -0.15) is 0 Å². The Balaban J connectivity index is 1.36. The maximum absolute atomic E-state index is 12.7. The van der Waals surface area contributed by atoms with Crippen LogP contribution in [-0.2, 0) is 6.54 Å². The largest absolute Gasteiger partial charge is 0.352 e. The highest BCUT2D eigenvalue weighted by Gasteiger charge is 2.38. The van der Waals surface area contributed by atoms with Gasteiger partial charge in [-0.1, -0.05) is 12.5 Å². The molecule has 0 spiro atoms. The maximum atomic E-state index is 12.7. The molecule has 4 nitrogen and oxygen atoms in total. The fraction of sp³-hybridized carbons (Fsp3) is 0.545. The Bertz CT molecular complexity index is 780. The van der Waals surface area contributed by atoms with Gasteiger partial charge >= 0.3 is 0 Å². The van der Waals surface area contributed by atoms with Crippen molar-refractivity contribution in [2.75, 3.05) is 6.54 Å². The summed E-state index contributed by atoms with van der Waals surface area (Å²) in [6, 6.07) is 7.95. The van der Waals surface area contributed by atoms with E-state index in [0.717, 1.165) is 53.4 Å². The smallest absolute Gasteiger partial charge is 0.253 e. The second-order valence-corrected chi connectivity index (χ2v) is 8.17. The molecule has 138 valence electrons. The third kappa shape index (κ3) is 3.42. The molecule has 3 unspecified atom stereocenters. The number of hydrogen-bond donors (Lipinski definition) is 1. The molecule has 2 bridgehead atoms. The van der Waals surface area contributed by atoms with Crippen LogP contribution in [-0.4, -0.2) is 22.0 Å². The van der Waals surface area contributed by atoms with E-state index in [1.54, 1.807) is 0 Å². The third-order valence-corrected chi connectivity index (χ3v) is 6.55. The van der Waals surface area contributed by atoms with E-state index in [2.05, 4.69) is 21.8 Å². The molecule has 2 aromatic rings. The zero-order valence-electron chi connectivity index (χ0n) is 15.9. The van der Waals surface area contributed by atoms with E-state index in [-0.39, 0.29) is 5.91 Å². The van der Waals surface area contributed by atoms with Crippen LogP contribution in [0, 0.1) is 31.6 Å². The van der Waals surface area contributed by atoms with Crippen molar-refractivity contribution in [1.82, 2.24) is 14.9 Å². The Labute approximate surface area is 156 Å². The van der Waals surface area contributed by atoms with Gasteiger partial charge in [0.05, 0.1) is 17.8 Å². The lowest BCUT2D eigenvalue weighted by Gasteiger charge is -2.21. The lowest BCUT2D eigenvalue weighted by molar-refractivity contribution is 0.0949. The molecule has 4 heteroatoms. The van der Waals surface area contributed by atoms with Gasteiger partial charge < -0.3 is 9.88 Å². The zero-order valence-corrected chi connectivity index (χ0v) is 15.9. The van der Waals surface area contributed by atoms with Crippen molar-refractivity contribution in [1.29, 1.82) is 0 Å². The van der Waals surface area contributed by atoms with Gasteiger partial charge in [0, 0.05) is 24.1 Å². The Morgan fingerprint density at radius 2 is 2.15 bits per heavy atom. The topological polar surface area (TPSA) is 46.9 Å². The molecule has 2 heterocycles. The first-order valence-corrected chi connectivity index (χ1v) is 9.96. The van der Waals surface area contributed by atoms with Gasteiger partial charge in [0.1, 0.15) is 0 Å². The summed E-state index contributed by atoms with van der Waals surface area (Å²) < 4.78 is 2.17. The van der Waals surface area contributed by atoms with Crippen molar-refractivity contribution in [3.05, 3.63) is 53.1 Å². The molecule has 0 aromatic carbocycles. The average molecular weight is 351 g/mol. The molecular weight excluding hydrogens is 322 g/mol. The molecule has 26 heavy (non-hydrogen) atoms. The number of carbonyl (C=O) groups excluding carboxylic acids is 1. The number of carbonyl (C=O) groups is 1. The van der Waals surface area contributed by atoms with Gasteiger partial charge in [-0.05, 0) is 75.5 Å². The summed E-state index contributed by atoms with van der Waals surface area (Å²) in [6.07, 6.45) is 8.63. The van der Waals surface area contributed by atoms with E-state index in [1.165, 1.54) is 25.7 Å². The second kappa shape index (κ2) is 7.26. The number of fused-ring (bicyclic) bond motifs is 2. The molecule has 2 aromatic heterocycles. The minimum absolute atomic E-state index is 0.0635. The van der Waals surface area contributed by atoms with E-state index in [1.807, 2.05) is 37.4 Å². The molecule has 2 aliphatic carbocycles. The van der Waals surface area contributed by atoms with E-state index in [9.17, 15) is 4.79 Å². The molecule has 0 saturated heterocycles. The van der Waals surface area contributed by atoms with Crippen LogP contribution >= 0.6 is 0 Å². The number of pyridine rings is 1. The summed E-state index contributed by atoms with van der Waals surface area (Å²) >= 11 is 0. The van der Waals surface area contributed by atoms with E-state index >= 15 is 0 Å². The van der Waals surface area contributed by atoms with Crippen molar-refractivity contribution in [3.63, 3.8) is 0 Å². The molecule has 2 aliphatic rings. The zero-order chi connectivity index (χ0) is 18.1. The third-order valence-electron chi connectivity index (χ3n) is 6.55. The van der Waals surface area contributed by atoms with E-state index < -0.39 is 0 Å². The van der Waals surface area contributed by atoms with Crippen molar-refractivity contribution >= 4 is 5.91 Å². The monoisotopic (exact) mass is 351 g/mol. The number of rotatable bonds is 6. The normalized spacial score (nSPS) is 24.2. The Morgan fingerprint density at radius 1 is 1.27 bits per heavy atom. The lowest BCUT2D eigenvalue weighted by Crippen LogP contribution is -2.27. The molecule has 3 atom stereocenters. The van der Waals surface area contributed by atoms with Crippen molar-refractivity contribution in [2.24, 2.45) is 17.8 Å². The summed E-state index contributed by atoms with van der Waals surface area (Å²) in [5.41, 5.74) is 3.93. The SMILES string of the molecule is Cc1cc(C(=O)NCCC2CC3CCC2C3)c(C)n1Cc1ccccn1. The standard InChI is InChI=1S/C22H29N3O/c1-15-11-21(16(2)25(15)14-20-5-3-4-9-23-20)22(26)24-10-8-19-13-17-6-7-18(19)12-17/h3-5,9,11,17-19H,6-8,10,12-14H2,1-2H3,(H,24,26). The van der Waals surface area contributed by atoms with Crippen molar-refractivity contribution in [3.8, 4) is 0 Å². The Kier molecular flexibility index (Phi) is 4.84. The van der Waals surface area contributed by atoms with Crippen molar-refractivity contribution < 1.29 is 4.79 Å². The molecule has 4 rings (SSSR count). The lowest BCUT2D eigenvalue weighted by atomic mass is 9.86. The summed E-state index contributed by atoms with van der Waals surface area (Å²) in [4.78, 5) is 17.1. The predicted octanol–water partition coefficient (Wildman–Crippen LogP) is 4.10. The average Bonchev–Trinajstić information content (AvgIpc) is 3.33. The molecule has 0 radical (unpaired) electrons. The first kappa shape index (κ1) is 17.3. The molecule has 2 fully saturated rings. The van der Waals surface area contributed by atoms with Crippen LogP contribution in [0.4, 0.5) is 0 Å². The second-order valence-electron chi connectivity index (χ2n) is 8.17. The predicted molar refractivity (Wildman–Crippen MR) is 103 cm³/mol. The fourth-order valence-electron chi connectivity index (χ4n) is 5.12. The first-order valence-electron chi connectivity index (χ1n) is 9.96. The van der Waals surface area contributed by atoms with Crippen LogP contribution in [0.5, 0.6) is 0 Å². The molecular formula is C22H29N3O. The van der Waals surface area contributed by atoms with Crippen LogP contribution < -0.4 is 5.32 Å². The van der Waals surface area contributed by atoms with Gasteiger partial charge in [-0.25, -0.2) is 0 Å². The summed E-state index contributed by atoms with van der Waals surface area (Å²) in [6.45, 7) is 5.59. The van der Waals surface area contributed by atoms with Gasteiger partial charge in [0.2, 0.25) is 0 Å². The number of aryl methyl sites for hydroxylation is 1. The summed E-state index contributed by atoms with van der Waals surface area (Å²) in [5.74, 6) is 2.81. The van der Waals surface area contributed by atoms with Crippen LogP contribution in [0.1, 0.15) is 59.5 Å². The number of nitrogens with one attached hydrogen (secondary N) is 1. The van der Waals surface area contributed by atoms with Gasteiger partial charge in [-0.3, -0.25) is 9.78 Å². The summed E-state index contributed by atoms with van der Waals surface area (Å²) in [5, 5.41) is 3.16. The highest BCUT2D eigenvalue weighted by molar-refractivity contribution is 5.95. The van der Waals surface area contributed by atoms with Gasteiger partial charge in [-0.15, -0.1) is 0 Å². The Morgan fingerprint density at radius 3 is 2.85 bits per heavy atom. The first-order chi connectivity index (χ1) is 12.6.